The minimum atomic E-state index is -1.08. The van der Waals surface area contributed by atoms with Crippen LogP contribution in [-0.4, -0.2) is 50.8 Å². The number of nitrogens with zero attached hydrogens (tertiary/aromatic N) is 1. The number of aliphatic hydroxyl groups is 1. The molecule has 3 N–H and O–H groups in total. The van der Waals surface area contributed by atoms with Crippen molar-refractivity contribution in [3.8, 4) is 0 Å². The number of aliphatic hydroxyl groups excluding tert-OH is 1. The average Bonchev–Trinajstić information content (AvgIpc) is 2.94. The van der Waals surface area contributed by atoms with Crippen molar-refractivity contribution in [3.63, 3.8) is 0 Å². The summed E-state index contributed by atoms with van der Waals surface area (Å²) in [4.78, 5) is 25.8. The molecule has 20 heavy (non-hydrogen) atoms. The highest BCUT2D eigenvalue weighted by Gasteiger charge is 2.47. The molecule has 0 spiro atoms. The molecule has 2 amide bonds. The molecular weight excluding hydrogens is 260 g/mol. The minimum Gasteiger partial charge on any atom is -0.480 e. The lowest BCUT2D eigenvalue weighted by Crippen LogP contribution is -2.60. The van der Waals surface area contributed by atoms with E-state index in [-0.39, 0.29) is 24.2 Å². The van der Waals surface area contributed by atoms with Crippen molar-refractivity contribution in [2.75, 3.05) is 0 Å². The van der Waals surface area contributed by atoms with Crippen molar-refractivity contribution in [3.05, 3.63) is 0 Å². The molecule has 3 aliphatic rings. The molecule has 6 nitrogen and oxygen atoms in total. The highest BCUT2D eigenvalue weighted by atomic mass is 16.4. The first kappa shape index (κ1) is 13.7. The summed E-state index contributed by atoms with van der Waals surface area (Å²) in [6.07, 6.45) is 5.45. The van der Waals surface area contributed by atoms with Gasteiger partial charge < -0.3 is 20.4 Å². The number of fused-ring (bicyclic) bond motifs is 2. The molecular formula is C14H22N2O4. The van der Waals surface area contributed by atoms with Crippen LogP contribution in [0.4, 0.5) is 4.79 Å². The molecule has 3 rings (SSSR count). The van der Waals surface area contributed by atoms with Crippen LogP contribution in [0.15, 0.2) is 0 Å². The van der Waals surface area contributed by atoms with Crippen LogP contribution in [0.2, 0.25) is 0 Å². The Labute approximate surface area is 118 Å². The van der Waals surface area contributed by atoms with Crippen LogP contribution in [0.25, 0.3) is 0 Å². The smallest absolute Gasteiger partial charge is 0.329 e. The third-order valence-corrected chi connectivity index (χ3v) is 5.16. The van der Waals surface area contributed by atoms with Crippen molar-refractivity contribution in [1.29, 1.82) is 0 Å². The van der Waals surface area contributed by atoms with Gasteiger partial charge in [-0.2, -0.15) is 0 Å². The molecule has 2 heterocycles. The number of carbonyl (C=O) groups excluding carboxylic acids is 1. The van der Waals surface area contributed by atoms with Gasteiger partial charge in [0.1, 0.15) is 5.54 Å². The van der Waals surface area contributed by atoms with Gasteiger partial charge in [0.05, 0.1) is 6.10 Å². The van der Waals surface area contributed by atoms with Gasteiger partial charge in [-0.15, -0.1) is 0 Å². The van der Waals surface area contributed by atoms with Crippen LogP contribution in [-0.2, 0) is 4.79 Å². The van der Waals surface area contributed by atoms with Crippen molar-refractivity contribution in [1.82, 2.24) is 10.2 Å². The summed E-state index contributed by atoms with van der Waals surface area (Å²) in [7, 11) is 0. The fourth-order valence-electron chi connectivity index (χ4n) is 4.12. The van der Waals surface area contributed by atoms with Crippen molar-refractivity contribution in [2.45, 2.75) is 75.1 Å². The first-order valence-electron chi connectivity index (χ1n) is 7.54. The number of urea groups is 1. The molecule has 1 aliphatic carbocycles. The summed E-state index contributed by atoms with van der Waals surface area (Å²) in [5, 5.41) is 22.0. The normalized spacial score (nSPS) is 35.0. The number of aliphatic carboxylic acids is 1. The zero-order valence-corrected chi connectivity index (χ0v) is 11.5. The van der Waals surface area contributed by atoms with Gasteiger partial charge in [0.2, 0.25) is 0 Å². The van der Waals surface area contributed by atoms with Gasteiger partial charge in [-0.1, -0.05) is 12.8 Å². The van der Waals surface area contributed by atoms with Crippen LogP contribution < -0.4 is 5.32 Å². The molecule has 0 aromatic carbocycles. The van der Waals surface area contributed by atoms with Gasteiger partial charge in [0.25, 0.3) is 0 Å². The zero-order chi connectivity index (χ0) is 14.3. The van der Waals surface area contributed by atoms with E-state index in [0.29, 0.717) is 25.7 Å². The van der Waals surface area contributed by atoms with E-state index < -0.39 is 11.5 Å². The van der Waals surface area contributed by atoms with Crippen LogP contribution in [0.5, 0.6) is 0 Å². The van der Waals surface area contributed by atoms with Gasteiger partial charge in [0.15, 0.2) is 0 Å². The van der Waals surface area contributed by atoms with Crippen LogP contribution in [0.1, 0.15) is 51.4 Å². The highest BCUT2D eigenvalue weighted by Crippen LogP contribution is 2.37. The monoisotopic (exact) mass is 282 g/mol. The van der Waals surface area contributed by atoms with E-state index in [0.717, 1.165) is 25.7 Å². The molecule has 2 aliphatic heterocycles. The molecule has 2 bridgehead atoms. The molecule has 112 valence electrons. The molecule has 3 fully saturated rings. The molecule has 6 heteroatoms. The molecule has 1 saturated carbocycles. The molecule has 0 aromatic heterocycles. The number of rotatable bonds is 2. The van der Waals surface area contributed by atoms with Crippen LogP contribution >= 0.6 is 0 Å². The largest absolute Gasteiger partial charge is 0.480 e. The zero-order valence-electron chi connectivity index (χ0n) is 11.5. The predicted octanol–water partition coefficient (Wildman–Crippen LogP) is 1.08. The molecule has 2 saturated heterocycles. The molecule has 0 radical (unpaired) electrons. The maximum atomic E-state index is 12.5. The number of carbonyl (C=O) groups is 2. The standard InChI is InChI=1S/C14H22N2O4/c17-11-7-9-3-4-10(8-11)16(9)13(20)15-14(12(18)19)5-1-2-6-14/h9-11,17H,1-8H2,(H,15,20)(H,18,19). The summed E-state index contributed by atoms with van der Waals surface area (Å²) < 4.78 is 0. The molecule has 0 aromatic rings. The van der Waals surface area contributed by atoms with Crippen molar-refractivity contribution < 1.29 is 19.8 Å². The average molecular weight is 282 g/mol. The second kappa shape index (κ2) is 4.91. The summed E-state index contributed by atoms with van der Waals surface area (Å²) in [6, 6.07) is -0.124. The topological polar surface area (TPSA) is 89.9 Å². The van der Waals surface area contributed by atoms with Crippen molar-refractivity contribution >= 4 is 12.0 Å². The lowest BCUT2D eigenvalue weighted by atomic mass is 9.97. The SMILES string of the molecule is O=C(NC1(C(=O)O)CCCC1)N1C2CCC1CC(O)C2. The number of nitrogens with one attached hydrogen (secondary N) is 1. The quantitative estimate of drug-likeness (QED) is 0.707. The number of hydrogen-bond donors (Lipinski definition) is 3. The number of amides is 2. The number of hydrogen-bond acceptors (Lipinski definition) is 3. The maximum Gasteiger partial charge on any atom is 0.329 e. The summed E-state index contributed by atoms with van der Waals surface area (Å²) in [6.45, 7) is 0. The summed E-state index contributed by atoms with van der Waals surface area (Å²) >= 11 is 0. The van der Waals surface area contributed by atoms with Gasteiger partial charge in [-0.05, 0) is 38.5 Å². The number of piperidine rings is 1. The first-order chi connectivity index (χ1) is 9.52. The Morgan fingerprint density at radius 1 is 1.10 bits per heavy atom. The Morgan fingerprint density at radius 3 is 2.15 bits per heavy atom. The fourth-order valence-corrected chi connectivity index (χ4v) is 4.12. The van der Waals surface area contributed by atoms with E-state index in [2.05, 4.69) is 5.32 Å². The Kier molecular flexibility index (Phi) is 3.36. The van der Waals surface area contributed by atoms with Crippen LogP contribution in [0, 0.1) is 0 Å². The van der Waals surface area contributed by atoms with Gasteiger partial charge in [-0.25, -0.2) is 9.59 Å². The maximum absolute atomic E-state index is 12.5. The van der Waals surface area contributed by atoms with E-state index in [9.17, 15) is 19.8 Å². The lowest BCUT2D eigenvalue weighted by molar-refractivity contribution is -0.144. The number of carboxylic acid groups (broad SMARTS) is 1. The third kappa shape index (κ3) is 2.16. The molecule has 2 atom stereocenters. The summed E-state index contributed by atoms with van der Waals surface area (Å²) in [5.41, 5.74) is -1.08. The van der Waals surface area contributed by atoms with E-state index in [1.165, 1.54) is 0 Å². The summed E-state index contributed by atoms with van der Waals surface area (Å²) in [5.74, 6) is -0.923. The van der Waals surface area contributed by atoms with E-state index in [4.69, 9.17) is 0 Å². The second-order valence-corrected chi connectivity index (χ2v) is 6.44. The third-order valence-electron chi connectivity index (χ3n) is 5.16. The van der Waals surface area contributed by atoms with E-state index in [1.807, 2.05) is 0 Å². The lowest BCUT2D eigenvalue weighted by Gasteiger charge is -2.39. The second-order valence-electron chi connectivity index (χ2n) is 6.44. The van der Waals surface area contributed by atoms with Crippen LogP contribution in [0.3, 0.4) is 0 Å². The Hall–Kier alpha value is -1.30. The Balaban J connectivity index is 1.72. The number of carboxylic acids is 1. The van der Waals surface area contributed by atoms with E-state index in [1.54, 1.807) is 4.90 Å². The van der Waals surface area contributed by atoms with Gasteiger partial charge in [0, 0.05) is 12.1 Å². The first-order valence-corrected chi connectivity index (χ1v) is 7.54. The van der Waals surface area contributed by atoms with E-state index >= 15 is 0 Å². The Morgan fingerprint density at radius 2 is 1.65 bits per heavy atom. The van der Waals surface area contributed by atoms with Gasteiger partial charge in [-0.3, -0.25) is 0 Å². The minimum absolute atomic E-state index is 0.0657. The molecule has 2 unspecified atom stereocenters. The Bertz CT molecular complexity index is 405. The predicted molar refractivity (Wildman–Crippen MR) is 71.3 cm³/mol. The highest BCUT2D eigenvalue weighted by molar-refractivity contribution is 5.87. The fraction of sp³-hybridized carbons (Fsp3) is 0.857. The van der Waals surface area contributed by atoms with Crippen molar-refractivity contribution in [2.24, 2.45) is 0 Å². The van der Waals surface area contributed by atoms with Gasteiger partial charge >= 0.3 is 12.0 Å².